The van der Waals surface area contributed by atoms with Crippen molar-refractivity contribution in [1.82, 2.24) is 15.1 Å². The van der Waals surface area contributed by atoms with Crippen molar-refractivity contribution in [1.29, 1.82) is 0 Å². The summed E-state index contributed by atoms with van der Waals surface area (Å²) < 4.78 is 39.3. The van der Waals surface area contributed by atoms with Crippen molar-refractivity contribution in [2.75, 3.05) is 13.6 Å². The first-order chi connectivity index (χ1) is 16.5. The van der Waals surface area contributed by atoms with Gasteiger partial charge in [-0.3, -0.25) is 24.6 Å². The zero-order valence-corrected chi connectivity index (χ0v) is 19.4. The van der Waals surface area contributed by atoms with E-state index in [9.17, 15) is 27.6 Å². The van der Waals surface area contributed by atoms with E-state index >= 15 is 0 Å². The predicted octanol–water partition coefficient (Wildman–Crippen LogP) is 3.45. The number of hydrogen-bond acceptors (Lipinski definition) is 4. The van der Waals surface area contributed by atoms with E-state index in [0.29, 0.717) is 31.5 Å². The SMILES string of the molecule is Cc1ccc(CN2CCC[C@]3(N[C@H](c4ccc(C(F)(F)F)cc4)[C@@H]4C(=O)N(C)C(=O)[C@@H]43)C2=O)cc1. The minimum Gasteiger partial charge on any atom is -0.337 e. The maximum Gasteiger partial charge on any atom is 0.416 e. The number of piperidine rings is 1. The number of carbonyl (C=O) groups excluding carboxylic acids is 3. The molecule has 3 heterocycles. The van der Waals surface area contributed by atoms with E-state index in [2.05, 4.69) is 5.32 Å². The van der Waals surface area contributed by atoms with E-state index < -0.39 is 47.0 Å². The van der Waals surface area contributed by atoms with Crippen LogP contribution >= 0.6 is 0 Å². The molecule has 184 valence electrons. The Balaban J connectivity index is 1.50. The van der Waals surface area contributed by atoms with Gasteiger partial charge >= 0.3 is 6.18 Å². The fourth-order valence-electron chi connectivity index (χ4n) is 5.84. The Labute approximate surface area is 201 Å². The number of imide groups is 1. The van der Waals surface area contributed by atoms with E-state index in [1.54, 1.807) is 4.90 Å². The van der Waals surface area contributed by atoms with Crippen LogP contribution in [0.3, 0.4) is 0 Å². The smallest absolute Gasteiger partial charge is 0.337 e. The molecule has 0 unspecified atom stereocenters. The van der Waals surface area contributed by atoms with Crippen molar-refractivity contribution in [3.05, 3.63) is 70.8 Å². The fraction of sp³-hybridized carbons (Fsp3) is 0.423. The number of halogens is 3. The third-order valence-electron chi connectivity index (χ3n) is 7.63. The normalized spacial score (nSPS) is 28.8. The molecule has 2 aromatic carbocycles. The largest absolute Gasteiger partial charge is 0.416 e. The van der Waals surface area contributed by atoms with Crippen LogP contribution in [0.1, 0.15) is 41.1 Å². The van der Waals surface area contributed by atoms with Gasteiger partial charge in [0.25, 0.3) is 0 Å². The van der Waals surface area contributed by atoms with Gasteiger partial charge in [-0.1, -0.05) is 42.0 Å². The molecular formula is C26H26F3N3O3. The molecule has 0 aromatic heterocycles. The molecule has 3 fully saturated rings. The third kappa shape index (κ3) is 3.73. The summed E-state index contributed by atoms with van der Waals surface area (Å²) in [6, 6.07) is 11.7. The molecule has 1 spiro atoms. The predicted molar refractivity (Wildman–Crippen MR) is 121 cm³/mol. The number of likely N-dealkylation sites (tertiary alicyclic amines) is 2. The Kier molecular flexibility index (Phi) is 5.51. The maximum absolute atomic E-state index is 13.9. The van der Waals surface area contributed by atoms with Gasteiger partial charge in [0.1, 0.15) is 5.54 Å². The molecule has 3 amide bonds. The maximum atomic E-state index is 13.9. The molecule has 5 rings (SSSR count). The van der Waals surface area contributed by atoms with Gasteiger partial charge in [0, 0.05) is 26.2 Å². The summed E-state index contributed by atoms with van der Waals surface area (Å²) in [4.78, 5) is 43.0. The number of amides is 3. The van der Waals surface area contributed by atoms with Gasteiger partial charge in [-0.05, 0) is 43.0 Å². The second-order valence-electron chi connectivity index (χ2n) is 9.77. The molecule has 2 aromatic rings. The van der Waals surface area contributed by atoms with E-state index in [4.69, 9.17) is 0 Å². The lowest BCUT2D eigenvalue weighted by Gasteiger charge is -2.42. The monoisotopic (exact) mass is 485 g/mol. The third-order valence-corrected chi connectivity index (χ3v) is 7.63. The summed E-state index contributed by atoms with van der Waals surface area (Å²) >= 11 is 0. The van der Waals surface area contributed by atoms with Crippen LogP contribution < -0.4 is 5.32 Å². The summed E-state index contributed by atoms with van der Waals surface area (Å²) in [5, 5.41) is 3.30. The molecule has 9 heteroatoms. The highest BCUT2D eigenvalue weighted by atomic mass is 19.4. The van der Waals surface area contributed by atoms with Gasteiger partial charge in [0.05, 0.1) is 17.4 Å². The van der Waals surface area contributed by atoms with Crippen LogP contribution in [0.5, 0.6) is 0 Å². The number of benzene rings is 2. The lowest BCUT2D eigenvalue weighted by molar-refractivity contribution is -0.149. The van der Waals surface area contributed by atoms with Gasteiger partial charge in [-0.2, -0.15) is 13.2 Å². The van der Waals surface area contributed by atoms with Gasteiger partial charge in [0.2, 0.25) is 17.7 Å². The van der Waals surface area contributed by atoms with Gasteiger partial charge < -0.3 is 4.90 Å². The quantitative estimate of drug-likeness (QED) is 0.677. The van der Waals surface area contributed by atoms with Gasteiger partial charge in [0.15, 0.2) is 0 Å². The highest BCUT2D eigenvalue weighted by Gasteiger charge is 2.68. The van der Waals surface area contributed by atoms with Gasteiger partial charge in [-0.15, -0.1) is 0 Å². The Hall–Kier alpha value is -3.20. The average Bonchev–Trinajstić information content (AvgIpc) is 3.28. The summed E-state index contributed by atoms with van der Waals surface area (Å²) in [6.45, 7) is 2.88. The summed E-state index contributed by atoms with van der Waals surface area (Å²) in [6.07, 6.45) is -3.47. The number of carbonyl (C=O) groups is 3. The van der Waals surface area contributed by atoms with Crippen molar-refractivity contribution in [2.24, 2.45) is 11.8 Å². The molecule has 35 heavy (non-hydrogen) atoms. The van der Waals surface area contributed by atoms with Crippen LogP contribution in [-0.2, 0) is 27.1 Å². The number of fused-ring (bicyclic) bond motifs is 2. The molecule has 0 aliphatic carbocycles. The van der Waals surface area contributed by atoms with E-state index in [0.717, 1.165) is 28.2 Å². The first kappa shape index (κ1) is 23.5. The van der Waals surface area contributed by atoms with Crippen molar-refractivity contribution >= 4 is 17.7 Å². The van der Waals surface area contributed by atoms with Crippen LogP contribution in [0.2, 0.25) is 0 Å². The number of alkyl halides is 3. The second kappa shape index (κ2) is 8.19. The summed E-state index contributed by atoms with van der Waals surface area (Å²) in [5.74, 6) is -2.84. The summed E-state index contributed by atoms with van der Waals surface area (Å²) in [7, 11) is 1.40. The number of rotatable bonds is 3. The van der Waals surface area contributed by atoms with Crippen molar-refractivity contribution in [3.63, 3.8) is 0 Å². The highest BCUT2D eigenvalue weighted by molar-refractivity contribution is 6.10. The summed E-state index contributed by atoms with van der Waals surface area (Å²) in [5.41, 5.74) is 0.436. The van der Waals surface area contributed by atoms with Crippen molar-refractivity contribution in [3.8, 4) is 0 Å². The molecule has 3 aliphatic heterocycles. The molecule has 0 radical (unpaired) electrons. The number of nitrogens with one attached hydrogen (secondary N) is 1. The number of hydrogen-bond donors (Lipinski definition) is 1. The molecule has 0 bridgehead atoms. The molecule has 0 saturated carbocycles. The topological polar surface area (TPSA) is 69.7 Å². The lowest BCUT2D eigenvalue weighted by atomic mass is 9.74. The zero-order valence-electron chi connectivity index (χ0n) is 19.4. The van der Waals surface area contributed by atoms with E-state index in [-0.39, 0.29) is 5.91 Å². The highest BCUT2D eigenvalue weighted by Crippen LogP contribution is 2.51. The fourth-order valence-corrected chi connectivity index (χ4v) is 5.84. The molecule has 1 N–H and O–H groups in total. The molecule has 3 aliphatic rings. The van der Waals surface area contributed by atoms with E-state index in [1.165, 1.54) is 19.2 Å². The Morgan fingerprint density at radius 1 is 1.00 bits per heavy atom. The van der Waals surface area contributed by atoms with Crippen molar-refractivity contribution < 1.29 is 27.6 Å². The average molecular weight is 486 g/mol. The van der Waals surface area contributed by atoms with Crippen LogP contribution in [0.25, 0.3) is 0 Å². The lowest BCUT2D eigenvalue weighted by Crippen LogP contribution is -2.63. The Bertz CT molecular complexity index is 1180. The molecular weight excluding hydrogens is 459 g/mol. The molecule has 3 saturated heterocycles. The first-order valence-corrected chi connectivity index (χ1v) is 11.6. The molecule has 4 atom stereocenters. The molecule has 6 nitrogen and oxygen atoms in total. The van der Waals surface area contributed by atoms with Crippen LogP contribution in [0.15, 0.2) is 48.5 Å². The van der Waals surface area contributed by atoms with E-state index in [1.807, 2.05) is 31.2 Å². The van der Waals surface area contributed by atoms with Crippen LogP contribution in [0, 0.1) is 18.8 Å². The second-order valence-corrected chi connectivity index (χ2v) is 9.77. The Morgan fingerprint density at radius 2 is 1.66 bits per heavy atom. The van der Waals surface area contributed by atoms with Crippen molar-refractivity contribution in [2.45, 2.75) is 44.1 Å². The standard InChI is InChI=1S/C26H26F3N3O3/c1-15-4-6-16(7-5-15)14-32-13-3-12-25(24(32)35)20-19(22(33)31(2)23(20)34)21(30-25)17-8-10-18(11-9-17)26(27,28)29/h4-11,19-21,30H,3,12-14H2,1-2H3/t19-,20-,21-,25-/m1/s1. The minimum atomic E-state index is -4.49. The number of aryl methyl sites for hydroxylation is 1. The van der Waals surface area contributed by atoms with Crippen LogP contribution in [0.4, 0.5) is 13.2 Å². The van der Waals surface area contributed by atoms with Gasteiger partial charge in [-0.25, -0.2) is 0 Å². The Morgan fingerprint density at radius 3 is 2.29 bits per heavy atom. The first-order valence-electron chi connectivity index (χ1n) is 11.6. The van der Waals surface area contributed by atoms with Crippen LogP contribution in [-0.4, -0.2) is 46.7 Å². The minimum absolute atomic E-state index is 0.245. The zero-order chi connectivity index (χ0) is 25.1. The number of nitrogens with zero attached hydrogens (tertiary/aromatic N) is 2.